The third kappa shape index (κ3) is 6.53. The standard InChI is InChI=1S/C33H37N5O5S/c1-36(2)18-17-34-28(39)20-37-29(40)21-44-32(23-11-16-26(42-4)27(19-23)43-5)30-31(22-9-7-6-8-10-22)35-38(33(30)37)24-12-14-25(41-3)15-13-24/h6-16,19,32H,17-18,20-21H2,1-5H3,(H,34,39). The Morgan fingerprint density at radius 2 is 1.70 bits per heavy atom. The van der Waals surface area contributed by atoms with Crippen LogP contribution in [0.25, 0.3) is 16.9 Å². The Labute approximate surface area is 261 Å². The number of amides is 2. The Kier molecular flexibility index (Phi) is 9.76. The van der Waals surface area contributed by atoms with E-state index in [-0.39, 0.29) is 29.4 Å². The highest BCUT2D eigenvalue weighted by molar-refractivity contribution is 8.00. The first kappa shape index (κ1) is 31.0. The Morgan fingerprint density at radius 3 is 2.36 bits per heavy atom. The molecule has 10 nitrogen and oxygen atoms in total. The summed E-state index contributed by atoms with van der Waals surface area (Å²) < 4.78 is 18.3. The van der Waals surface area contributed by atoms with Crippen LogP contribution >= 0.6 is 11.8 Å². The Hall–Kier alpha value is -4.48. The molecule has 1 aliphatic rings. The number of benzene rings is 3. The van der Waals surface area contributed by atoms with Gasteiger partial charge >= 0.3 is 0 Å². The van der Waals surface area contributed by atoms with Crippen molar-refractivity contribution in [1.29, 1.82) is 0 Å². The minimum Gasteiger partial charge on any atom is -0.497 e. The van der Waals surface area contributed by atoms with Crippen LogP contribution in [-0.2, 0) is 9.59 Å². The third-order valence-corrected chi connectivity index (χ3v) is 8.60. The van der Waals surface area contributed by atoms with Crippen LogP contribution in [0.2, 0.25) is 0 Å². The van der Waals surface area contributed by atoms with Crippen molar-refractivity contribution in [2.45, 2.75) is 5.25 Å². The first-order valence-electron chi connectivity index (χ1n) is 14.2. The van der Waals surface area contributed by atoms with Crippen molar-refractivity contribution in [2.75, 3.05) is 65.7 Å². The Morgan fingerprint density at radius 1 is 0.977 bits per heavy atom. The average molecular weight is 616 g/mol. The number of carbonyl (C=O) groups is 2. The van der Waals surface area contributed by atoms with Gasteiger partial charge in [-0.3, -0.25) is 14.5 Å². The fourth-order valence-electron chi connectivity index (χ4n) is 5.13. The maximum atomic E-state index is 13.9. The number of fused-ring (bicyclic) bond motifs is 1. The summed E-state index contributed by atoms with van der Waals surface area (Å²) in [6.45, 7) is 1.01. The van der Waals surface area contributed by atoms with E-state index in [1.54, 1.807) is 30.9 Å². The number of anilines is 1. The molecule has 11 heteroatoms. The molecular weight excluding hydrogens is 578 g/mol. The lowest BCUT2D eigenvalue weighted by Crippen LogP contribution is -2.43. The molecule has 1 unspecified atom stereocenters. The van der Waals surface area contributed by atoms with Gasteiger partial charge in [-0.2, -0.15) is 5.10 Å². The highest BCUT2D eigenvalue weighted by atomic mass is 32.2. The molecule has 1 aromatic heterocycles. The smallest absolute Gasteiger partial charge is 0.240 e. The molecule has 0 saturated carbocycles. The van der Waals surface area contributed by atoms with Crippen LogP contribution in [0.1, 0.15) is 16.4 Å². The van der Waals surface area contributed by atoms with E-state index < -0.39 is 0 Å². The summed E-state index contributed by atoms with van der Waals surface area (Å²) in [7, 11) is 8.71. The minimum absolute atomic E-state index is 0.144. The molecule has 0 aliphatic carbocycles. The van der Waals surface area contributed by atoms with Gasteiger partial charge in [0.2, 0.25) is 11.8 Å². The van der Waals surface area contributed by atoms with E-state index in [4.69, 9.17) is 19.3 Å². The van der Waals surface area contributed by atoms with E-state index in [9.17, 15) is 9.59 Å². The molecule has 1 aliphatic heterocycles. The second kappa shape index (κ2) is 13.9. The Balaban J connectivity index is 1.73. The lowest BCUT2D eigenvalue weighted by molar-refractivity contribution is -0.122. The summed E-state index contributed by atoms with van der Waals surface area (Å²) in [5.74, 6) is 2.17. The number of nitrogens with one attached hydrogen (secondary N) is 1. The highest BCUT2D eigenvalue weighted by Crippen LogP contribution is 2.49. The summed E-state index contributed by atoms with van der Waals surface area (Å²) in [6.07, 6.45) is 0. The average Bonchev–Trinajstić information content (AvgIpc) is 3.37. The molecule has 1 N–H and O–H groups in total. The van der Waals surface area contributed by atoms with Crippen molar-refractivity contribution in [3.05, 3.63) is 83.9 Å². The number of carbonyl (C=O) groups excluding carboxylic acids is 2. The largest absolute Gasteiger partial charge is 0.497 e. The monoisotopic (exact) mass is 615 g/mol. The molecule has 0 saturated heterocycles. The van der Waals surface area contributed by atoms with E-state index in [1.807, 2.05) is 91.8 Å². The quantitative estimate of drug-likeness (QED) is 0.265. The van der Waals surface area contributed by atoms with Crippen LogP contribution in [0, 0.1) is 0 Å². The maximum absolute atomic E-state index is 13.9. The summed E-state index contributed by atoms with van der Waals surface area (Å²) in [5.41, 5.74) is 4.10. The summed E-state index contributed by atoms with van der Waals surface area (Å²) in [5, 5.41) is 7.78. The highest BCUT2D eigenvalue weighted by Gasteiger charge is 2.38. The van der Waals surface area contributed by atoms with E-state index in [0.717, 1.165) is 28.1 Å². The minimum atomic E-state index is -0.308. The van der Waals surface area contributed by atoms with Gasteiger partial charge in [0.25, 0.3) is 0 Å². The second-order valence-electron chi connectivity index (χ2n) is 10.5. The number of methoxy groups -OCH3 is 3. The van der Waals surface area contributed by atoms with Crippen molar-refractivity contribution in [3.8, 4) is 34.2 Å². The van der Waals surface area contributed by atoms with Crippen LogP contribution in [0.4, 0.5) is 5.82 Å². The SMILES string of the molecule is COc1ccc(-n2nc(-c3ccccc3)c3c2N(CC(=O)NCCN(C)C)C(=O)CSC3c2ccc(OC)c(OC)c2)cc1. The molecule has 230 valence electrons. The number of aromatic nitrogens is 2. The number of rotatable bonds is 11. The normalized spacial score (nSPS) is 14.6. The summed E-state index contributed by atoms with van der Waals surface area (Å²) in [6, 6.07) is 23.2. The summed E-state index contributed by atoms with van der Waals surface area (Å²) in [4.78, 5) is 30.8. The fourth-order valence-corrected chi connectivity index (χ4v) is 6.32. The molecule has 44 heavy (non-hydrogen) atoms. The number of hydrogen-bond donors (Lipinski definition) is 1. The molecule has 2 heterocycles. The zero-order valence-corrected chi connectivity index (χ0v) is 26.4. The van der Waals surface area contributed by atoms with Crippen LogP contribution in [0.15, 0.2) is 72.8 Å². The molecule has 1 atom stereocenters. The van der Waals surface area contributed by atoms with Gasteiger partial charge in [0.1, 0.15) is 18.1 Å². The van der Waals surface area contributed by atoms with Crippen molar-refractivity contribution in [2.24, 2.45) is 0 Å². The van der Waals surface area contributed by atoms with Crippen LogP contribution in [0.3, 0.4) is 0 Å². The zero-order valence-electron chi connectivity index (χ0n) is 25.6. The first-order chi connectivity index (χ1) is 21.3. The zero-order chi connectivity index (χ0) is 31.2. The second-order valence-corrected chi connectivity index (χ2v) is 11.6. The van der Waals surface area contributed by atoms with Gasteiger partial charge in [0, 0.05) is 24.2 Å². The van der Waals surface area contributed by atoms with Gasteiger partial charge in [-0.15, -0.1) is 11.8 Å². The lowest BCUT2D eigenvalue weighted by atomic mass is 9.99. The number of nitrogens with zero attached hydrogens (tertiary/aromatic N) is 4. The van der Waals surface area contributed by atoms with Crippen LogP contribution in [0.5, 0.6) is 17.2 Å². The van der Waals surface area contributed by atoms with Crippen LogP contribution < -0.4 is 24.4 Å². The van der Waals surface area contributed by atoms with Crippen molar-refractivity contribution >= 4 is 29.4 Å². The fraction of sp³-hybridized carbons (Fsp3) is 0.303. The van der Waals surface area contributed by atoms with E-state index in [1.165, 1.54) is 11.8 Å². The van der Waals surface area contributed by atoms with Gasteiger partial charge in [-0.1, -0.05) is 36.4 Å². The molecule has 2 amide bonds. The van der Waals surface area contributed by atoms with Crippen molar-refractivity contribution < 1.29 is 23.8 Å². The molecule has 3 aromatic carbocycles. The van der Waals surface area contributed by atoms with Gasteiger partial charge in [-0.25, -0.2) is 4.68 Å². The van der Waals surface area contributed by atoms with Gasteiger partial charge < -0.3 is 24.4 Å². The molecule has 0 fully saturated rings. The molecule has 4 aromatic rings. The van der Waals surface area contributed by atoms with E-state index in [2.05, 4.69) is 5.32 Å². The molecule has 0 bridgehead atoms. The van der Waals surface area contributed by atoms with Crippen LogP contribution in [-0.4, -0.2) is 87.3 Å². The predicted molar refractivity (Wildman–Crippen MR) is 173 cm³/mol. The number of thioether (sulfide) groups is 1. The van der Waals surface area contributed by atoms with Gasteiger partial charge in [0.05, 0.1) is 43.7 Å². The van der Waals surface area contributed by atoms with E-state index in [0.29, 0.717) is 36.2 Å². The van der Waals surface area contributed by atoms with Crippen molar-refractivity contribution in [1.82, 2.24) is 20.0 Å². The lowest BCUT2D eigenvalue weighted by Gasteiger charge is -2.23. The number of hydrogen-bond acceptors (Lipinski definition) is 8. The predicted octanol–water partition coefficient (Wildman–Crippen LogP) is 4.41. The number of likely N-dealkylation sites (N-methyl/N-ethyl adjacent to an activating group) is 1. The number of ether oxygens (including phenoxy) is 3. The topological polar surface area (TPSA) is 98.2 Å². The third-order valence-electron chi connectivity index (χ3n) is 7.35. The van der Waals surface area contributed by atoms with Gasteiger partial charge in [0.15, 0.2) is 11.5 Å². The molecule has 5 rings (SSSR count). The molecule has 0 spiro atoms. The van der Waals surface area contributed by atoms with Crippen molar-refractivity contribution in [3.63, 3.8) is 0 Å². The Bertz CT molecular complexity index is 1610. The maximum Gasteiger partial charge on any atom is 0.240 e. The van der Waals surface area contributed by atoms with E-state index >= 15 is 0 Å². The van der Waals surface area contributed by atoms with Gasteiger partial charge in [-0.05, 0) is 56.1 Å². The summed E-state index contributed by atoms with van der Waals surface area (Å²) >= 11 is 1.50. The first-order valence-corrected chi connectivity index (χ1v) is 15.3. The molecular formula is C33H37N5O5S. The molecule has 0 radical (unpaired) electrons.